The molecule has 0 saturated carbocycles. The molecule has 1 N–H and O–H groups in total. The lowest BCUT2D eigenvalue weighted by molar-refractivity contribution is 0.482. The van der Waals surface area contributed by atoms with Gasteiger partial charge in [0, 0.05) is 25.5 Å². The number of allylic oxidation sites excluding steroid dienone is 6. The Morgan fingerprint density at radius 1 is 1.21 bits per heavy atom. The molecule has 0 saturated heterocycles. The van der Waals surface area contributed by atoms with Crippen LogP contribution in [0.5, 0.6) is 0 Å². The van der Waals surface area contributed by atoms with Gasteiger partial charge < -0.3 is 10.2 Å². The summed E-state index contributed by atoms with van der Waals surface area (Å²) in [4.78, 5) is 6.53. The third kappa shape index (κ3) is 4.28. The Morgan fingerprint density at radius 2 is 1.84 bits per heavy atom. The third-order valence-corrected chi connectivity index (χ3v) is 2.93. The second-order valence-corrected chi connectivity index (χ2v) is 5.01. The molecule has 0 aromatic heterocycles. The molecule has 0 fully saturated rings. The second kappa shape index (κ2) is 6.23. The first-order chi connectivity index (χ1) is 8.81. The van der Waals surface area contributed by atoms with E-state index in [4.69, 9.17) is 0 Å². The van der Waals surface area contributed by atoms with E-state index in [2.05, 4.69) is 37.3 Å². The van der Waals surface area contributed by atoms with E-state index in [0.717, 1.165) is 28.5 Å². The average molecular weight is 257 g/mol. The largest absolute Gasteiger partial charge is 0.365 e. The first kappa shape index (κ1) is 15.0. The Balaban J connectivity index is 2.99. The summed E-state index contributed by atoms with van der Waals surface area (Å²) in [5.74, 6) is 0.835. The highest BCUT2D eigenvalue weighted by atomic mass is 15.2. The highest BCUT2D eigenvalue weighted by Gasteiger charge is 2.08. The van der Waals surface area contributed by atoms with E-state index in [1.807, 2.05) is 44.1 Å². The molecule has 1 rings (SSSR count). The minimum Gasteiger partial charge on any atom is -0.365 e. The molecule has 3 nitrogen and oxygen atoms in total. The molecule has 1 aliphatic rings. The number of hydrogen-bond donors (Lipinski definition) is 1. The SMILES string of the molecule is C=C1C=CC(NC(=C)N(C)C)=C/C1=N/C(C)=C(C)C. The molecule has 0 atom stereocenters. The molecule has 19 heavy (non-hydrogen) atoms. The first-order valence-electron chi connectivity index (χ1n) is 6.26. The van der Waals surface area contributed by atoms with Crippen LogP contribution in [-0.2, 0) is 0 Å². The fourth-order valence-electron chi connectivity index (χ4n) is 1.32. The first-order valence-corrected chi connectivity index (χ1v) is 6.26. The van der Waals surface area contributed by atoms with Gasteiger partial charge in [-0.1, -0.05) is 24.8 Å². The topological polar surface area (TPSA) is 27.6 Å². The molecule has 0 aromatic carbocycles. The van der Waals surface area contributed by atoms with Gasteiger partial charge in [-0.25, -0.2) is 0 Å². The zero-order valence-electron chi connectivity index (χ0n) is 12.5. The zero-order valence-corrected chi connectivity index (χ0v) is 12.5. The summed E-state index contributed by atoms with van der Waals surface area (Å²) in [7, 11) is 3.90. The maximum absolute atomic E-state index is 4.60. The molecule has 102 valence electrons. The minimum absolute atomic E-state index is 0.835. The van der Waals surface area contributed by atoms with E-state index in [1.165, 1.54) is 5.57 Å². The Hall–Kier alpha value is -2.03. The van der Waals surface area contributed by atoms with E-state index in [1.54, 1.807) is 0 Å². The number of nitrogens with one attached hydrogen (secondary N) is 1. The standard InChI is InChI=1S/C16H23N3/c1-11(2)13(4)17-16-10-15(9-8-12(16)3)18-14(5)19(6)7/h8-10,18H,3,5H2,1-2,4,6-7H3/b17-16-. The Bertz CT molecular complexity index is 510. The fraction of sp³-hybridized carbons (Fsp3) is 0.312. The van der Waals surface area contributed by atoms with Crippen LogP contribution in [0.4, 0.5) is 0 Å². The van der Waals surface area contributed by atoms with Crippen LogP contribution in [-0.4, -0.2) is 24.7 Å². The number of hydrogen-bond acceptors (Lipinski definition) is 3. The highest BCUT2D eigenvalue weighted by Crippen LogP contribution is 2.15. The lowest BCUT2D eigenvalue weighted by Crippen LogP contribution is -2.24. The molecule has 3 heteroatoms. The van der Waals surface area contributed by atoms with Crippen molar-refractivity contribution in [2.45, 2.75) is 20.8 Å². The highest BCUT2D eigenvalue weighted by molar-refractivity contribution is 6.12. The van der Waals surface area contributed by atoms with Crippen molar-refractivity contribution in [2.75, 3.05) is 14.1 Å². The van der Waals surface area contributed by atoms with Crippen molar-refractivity contribution in [1.82, 2.24) is 10.2 Å². The lowest BCUT2D eigenvalue weighted by atomic mass is 10.0. The van der Waals surface area contributed by atoms with E-state index < -0.39 is 0 Å². The molecule has 0 spiro atoms. The van der Waals surface area contributed by atoms with Crippen LogP contribution in [0.1, 0.15) is 20.8 Å². The minimum atomic E-state index is 0.835. The molecular weight excluding hydrogens is 234 g/mol. The number of rotatable bonds is 4. The van der Waals surface area contributed by atoms with Crippen molar-refractivity contribution in [2.24, 2.45) is 4.99 Å². The van der Waals surface area contributed by atoms with Crippen molar-refractivity contribution in [3.8, 4) is 0 Å². The average Bonchev–Trinajstić information content (AvgIpc) is 2.32. The van der Waals surface area contributed by atoms with Crippen LogP contribution < -0.4 is 5.32 Å². The van der Waals surface area contributed by atoms with Crippen molar-refractivity contribution in [1.29, 1.82) is 0 Å². The van der Waals surface area contributed by atoms with Crippen molar-refractivity contribution in [3.63, 3.8) is 0 Å². The number of nitrogens with zero attached hydrogens (tertiary/aromatic N) is 2. The molecule has 0 aliphatic heterocycles. The molecule has 0 unspecified atom stereocenters. The van der Waals surface area contributed by atoms with Gasteiger partial charge in [-0.3, -0.25) is 4.99 Å². The Labute approximate surface area is 116 Å². The van der Waals surface area contributed by atoms with E-state index in [-0.39, 0.29) is 0 Å². The summed E-state index contributed by atoms with van der Waals surface area (Å²) in [5, 5.41) is 3.24. The van der Waals surface area contributed by atoms with Gasteiger partial charge in [0.1, 0.15) is 0 Å². The zero-order chi connectivity index (χ0) is 14.6. The summed E-state index contributed by atoms with van der Waals surface area (Å²) < 4.78 is 0. The van der Waals surface area contributed by atoms with Gasteiger partial charge in [-0.15, -0.1) is 0 Å². The van der Waals surface area contributed by atoms with Crippen molar-refractivity contribution >= 4 is 5.71 Å². The Morgan fingerprint density at radius 3 is 2.37 bits per heavy atom. The summed E-state index contributed by atoms with van der Waals surface area (Å²) in [6.45, 7) is 14.1. The maximum atomic E-state index is 4.60. The van der Waals surface area contributed by atoms with Gasteiger partial charge >= 0.3 is 0 Å². The van der Waals surface area contributed by atoms with Crippen LogP contribution in [0.15, 0.2) is 64.7 Å². The molecule has 0 aromatic rings. The van der Waals surface area contributed by atoms with Crippen LogP contribution in [0, 0.1) is 0 Å². The molecule has 1 aliphatic carbocycles. The molecule has 0 heterocycles. The van der Waals surface area contributed by atoms with Crippen LogP contribution in [0.3, 0.4) is 0 Å². The quantitative estimate of drug-likeness (QED) is 0.836. The van der Waals surface area contributed by atoms with Gasteiger partial charge in [-0.2, -0.15) is 0 Å². The molecule has 0 amide bonds. The predicted molar refractivity (Wildman–Crippen MR) is 83.8 cm³/mol. The second-order valence-electron chi connectivity index (χ2n) is 5.01. The fourth-order valence-corrected chi connectivity index (χ4v) is 1.32. The van der Waals surface area contributed by atoms with Crippen molar-refractivity contribution < 1.29 is 0 Å². The summed E-state index contributed by atoms with van der Waals surface area (Å²) in [5.41, 5.74) is 4.99. The summed E-state index contributed by atoms with van der Waals surface area (Å²) >= 11 is 0. The van der Waals surface area contributed by atoms with Gasteiger partial charge in [-0.05, 0) is 38.5 Å². The van der Waals surface area contributed by atoms with Crippen molar-refractivity contribution in [3.05, 3.63) is 59.7 Å². The smallest absolute Gasteiger partial charge is 0.0978 e. The van der Waals surface area contributed by atoms with Crippen LogP contribution in [0.2, 0.25) is 0 Å². The van der Waals surface area contributed by atoms with Gasteiger partial charge in [0.2, 0.25) is 0 Å². The van der Waals surface area contributed by atoms with E-state index in [9.17, 15) is 0 Å². The van der Waals surface area contributed by atoms with Gasteiger partial charge in [0.05, 0.1) is 11.5 Å². The summed E-state index contributed by atoms with van der Waals surface area (Å²) in [6, 6.07) is 0. The normalized spacial score (nSPS) is 16.2. The third-order valence-electron chi connectivity index (χ3n) is 2.93. The van der Waals surface area contributed by atoms with Gasteiger partial charge in [0.15, 0.2) is 0 Å². The van der Waals surface area contributed by atoms with Crippen LogP contribution in [0.25, 0.3) is 0 Å². The van der Waals surface area contributed by atoms with Crippen LogP contribution >= 0.6 is 0 Å². The monoisotopic (exact) mass is 257 g/mol. The predicted octanol–water partition coefficient (Wildman–Crippen LogP) is 3.37. The molecule has 0 bridgehead atoms. The maximum Gasteiger partial charge on any atom is 0.0978 e. The van der Waals surface area contributed by atoms with E-state index in [0.29, 0.717) is 0 Å². The molecular formula is C16H23N3. The lowest BCUT2D eigenvalue weighted by Gasteiger charge is -2.20. The number of aliphatic imine (C=N–C) groups is 1. The summed E-state index contributed by atoms with van der Waals surface area (Å²) in [6.07, 6.45) is 5.93. The van der Waals surface area contributed by atoms with Gasteiger partial charge in [0.25, 0.3) is 0 Å². The Kier molecular flexibility index (Phi) is 4.93. The molecule has 0 radical (unpaired) electrons. The van der Waals surface area contributed by atoms with E-state index >= 15 is 0 Å².